The lowest BCUT2D eigenvalue weighted by atomic mass is 9.94. The summed E-state index contributed by atoms with van der Waals surface area (Å²) in [6, 6.07) is 152. The van der Waals surface area contributed by atoms with Gasteiger partial charge in [-0.05, 0) is 253 Å². The molecule has 23 aromatic rings. The predicted molar refractivity (Wildman–Crippen MR) is 510 cm³/mol. The SMILES string of the molecule is c1ccc2c(c1)-c1cccc3cc(N4c5ccc(-c6ccc7c(ccc8c7cc7n8-c8ccccc8-c8ccc(-c9ccc%10c(c9)cc9n%10-c%10cc%11ccccc%11cc%10-c%10ccccc%10N9c9ccc%10c%11c(cccc9%11)-c9ccccc9-%10)cc8N7c7ccc8c9c(cccc79)-c7ccccc7-8)c6)cc5-c5ccccc5-n5c4cc4ccccc45)cc-2c13. The van der Waals surface area contributed by atoms with Crippen LogP contribution < -0.4 is 14.7 Å². The summed E-state index contributed by atoms with van der Waals surface area (Å²) >= 11 is 0. The summed E-state index contributed by atoms with van der Waals surface area (Å²) in [7, 11) is 0. The van der Waals surface area contributed by atoms with Gasteiger partial charge in [-0.15, -0.1) is 0 Å². The van der Waals surface area contributed by atoms with E-state index in [0.717, 1.165) is 118 Å². The Labute approximate surface area is 701 Å². The summed E-state index contributed by atoms with van der Waals surface area (Å²) in [6.45, 7) is 0. The minimum Gasteiger partial charge on any atom is -0.295 e. The van der Waals surface area contributed by atoms with Crippen LogP contribution in [0.25, 0.3) is 226 Å². The van der Waals surface area contributed by atoms with Crippen molar-refractivity contribution in [1.29, 1.82) is 0 Å². The van der Waals surface area contributed by atoms with Gasteiger partial charge in [0.2, 0.25) is 0 Å². The Morgan fingerprint density at radius 2 is 0.549 bits per heavy atom. The van der Waals surface area contributed by atoms with E-state index in [0.29, 0.717) is 0 Å². The van der Waals surface area contributed by atoms with Crippen molar-refractivity contribution in [2.24, 2.45) is 0 Å². The van der Waals surface area contributed by atoms with Crippen LogP contribution in [-0.4, -0.2) is 13.7 Å². The van der Waals surface area contributed by atoms with Crippen molar-refractivity contribution in [3.63, 3.8) is 0 Å². The van der Waals surface area contributed by atoms with Crippen molar-refractivity contribution in [3.8, 4) is 139 Å². The summed E-state index contributed by atoms with van der Waals surface area (Å²) in [5.41, 5.74) is 40.6. The van der Waals surface area contributed by atoms with Crippen LogP contribution in [0.15, 0.2) is 400 Å². The number of fused-ring (bicyclic) bond motifs is 33. The quantitative estimate of drug-likeness (QED) is 0.172. The topological polar surface area (TPSA) is 24.5 Å². The van der Waals surface area contributed by atoms with Crippen LogP contribution in [0.1, 0.15) is 0 Å². The van der Waals surface area contributed by atoms with Crippen molar-refractivity contribution >= 4 is 138 Å². The molecular weight excluding hydrogens is 1480 g/mol. The van der Waals surface area contributed by atoms with E-state index in [9.17, 15) is 0 Å². The van der Waals surface area contributed by atoms with E-state index in [4.69, 9.17) is 0 Å². The molecule has 6 aliphatic rings. The molecule has 0 amide bonds. The fourth-order valence-corrected chi connectivity index (χ4v) is 22.6. The van der Waals surface area contributed by atoms with Gasteiger partial charge in [-0.3, -0.25) is 28.4 Å². The van der Waals surface area contributed by atoms with Crippen LogP contribution in [0, 0.1) is 0 Å². The molecule has 0 unspecified atom stereocenters. The van der Waals surface area contributed by atoms with E-state index < -0.39 is 0 Å². The second kappa shape index (κ2) is 23.8. The Morgan fingerprint density at radius 3 is 1.24 bits per heavy atom. The van der Waals surface area contributed by atoms with Gasteiger partial charge in [0.05, 0.1) is 62.0 Å². The van der Waals surface area contributed by atoms with Gasteiger partial charge in [0, 0.05) is 66.0 Å². The largest absolute Gasteiger partial charge is 0.295 e. The molecule has 29 rings (SSSR count). The van der Waals surface area contributed by atoms with Crippen molar-refractivity contribution in [3.05, 3.63) is 400 Å². The Hall–Kier alpha value is -16.3. The highest BCUT2D eigenvalue weighted by molar-refractivity contribution is 6.24. The fraction of sp³-hybridized carbons (Fsp3) is 0. The lowest BCUT2D eigenvalue weighted by Gasteiger charge is -2.28. The number of nitrogens with zero attached hydrogens (tertiary/aromatic N) is 6. The zero-order valence-corrected chi connectivity index (χ0v) is 65.8. The zero-order chi connectivity index (χ0) is 79.0. The van der Waals surface area contributed by atoms with Crippen LogP contribution in [0.2, 0.25) is 0 Å². The summed E-state index contributed by atoms with van der Waals surface area (Å²) < 4.78 is 7.58. The standard InChI is InChI=1S/C116H66N6/c1-2-21-68-61-110-97(59-67(68)20-1)87-32-12-16-41-104(87)120(105-54-49-92-81-26-6-4-24-79(81)90-34-18-36-94(105)115(90)92)112-64-76-57-70(44-51-101(76)119(110)112)72-43-48-88-85-30-10-14-39-102(85)121-108-53-46-73-56-69(42-47-78(73)98(108)66-113(121)122(109(88)62-72)106-55-50-93-82-27-7-5-25-80(82)91-35-19-37-95(106)116(91)93)71-45-52-107-96(60-71)86-31-11-15-40-103(86)118-100-38-13-3-22-74(100)63-111(118)117(107)77-58-75-23-17-33-89-83-28-8-9-29-84(83)99(65-77)114(75)89/h1-66H. The molecule has 3 aromatic heterocycles. The average molecular weight is 1540 g/mol. The number of aromatic nitrogens is 3. The average Bonchev–Trinajstić information content (AvgIpc) is 1.59. The van der Waals surface area contributed by atoms with Gasteiger partial charge < -0.3 is 0 Å². The smallest absolute Gasteiger partial charge is 0.123 e. The normalized spacial score (nSPS) is 13.0. The molecule has 3 aliphatic carbocycles. The highest BCUT2D eigenvalue weighted by atomic mass is 15.3. The molecule has 0 radical (unpaired) electrons. The molecular formula is C116H66N6. The lowest BCUT2D eigenvalue weighted by molar-refractivity contribution is 1.09. The van der Waals surface area contributed by atoms with E-state index in [1.54, 1.807) is 0 Å². The summed E-state index contributed by atoms with van der Waals surface area (Å²) in [5, 5.41) is 15.9. The van der Waals surface area contributed by atoms with Gasteiger partial charge in [0.1, 0.15) is 17.5 Å². The second-order valence-corrected chi connectivity index (χ2v) is 33.8. The van der Waals surface area contributed by atoms with Gasteiger partial charge in [-0.25, -0.2) is 0 Å². The van der Waals surface area contributed by atoms with E-state index in [-0.39, 0.29) is 0 Å². The highest BCUT2D eigenvalue weighted by Crippen LogP contribution is 2.61. The molecule has 560 valence electrons. The summed E-state index contributed by atoms with van der Waals surface area (Å²) in [4.78, 5) is 7.69. The highest BCUT2D eigenvalue weighted by Gasteiger charge is 2.37. The van der Waals surface area contributed by atoms with Crippen LogP contribution >= 0.6 is 0 Å². The maximum atomic E-state index is 2.61. The lowest BCUT2D eigenvalue weighted by Crippen LogP contribution is -2.13. The third kappa shape index (κ3) is 8.60. The van der Waals surface area contributed by atoms with Crippen molar-refractivity contribution in [2.75, 3.05) is 14.7 Å². The molecule has 6 heterocycles. The monoisotopic (exact) mass is 1540 g/mol. The fourth-order valence-electron chi connectivity index (χ4n) is 22.6. The number of anilines is 9. The number of hydrogen-bond acceptors (Lipinski definition) is 3. The van der Waals surface area contributed by atoms with E-state index in [1.807, 2.05) is 0 Å². The van der Waals surface area contributed by atoms with Gasteiger partial charge in [-0.1, -0.05) is 279 Å². The number of benzene rings is 20. The van der Waals surface area contributed by atoms with Crippen LogP contribution in [0.3, 0.4) is 0 Å². The first-order valence-corrected chi connectivity index (χ1v) is 42.4. The molecule has 0 saturated heterocycles. The molecule has 0 atom stereocenters. The number of para-hydroxylation sites is 4. The van der Waals surface area contributed by atoms with Gasteiger partial charge >= 0.3 is 0 Å². The molecule has 0 fully saturated rings. The first kappa shape index (κ1) is 64.8. The maximum absolute atomic E-state index is 2.61. The maximum Gasteiger partial charge on any atom is 0.123 e. The minimum atomic E-state index is 1.07. The number of rotatable bonds is 5. The van der Waals surface area contributed by atoms with E-state index in [1.165, 1.54) is 159 Å². The first-order valence-electron chi connectivity index (χ1n) is 42.4. The van der Waals surface area contributed by atoms with Crippen LogP contribution in [-0.2, 0) is 0 Å². The van der Waals surface area contributed by atoms with Gasteiger partial charge in [-0.2, -0.15) is 0 Å². The third-order valence-electron chi connectivity index (χ3n) is 27.8. The molecule has 20 aromatic carbocycles. The van der Waals surface area contributed by atoms with Gasteiger partial charge in [0.15, 0.2) is 0 Å². The first-order chi connectivity index (χ1) is 60.5. The number of hydrogen-bond donors (Lipinski definition) is 0. The molecule has 0 bridgehead atoms. The van der Waals surface area contributed by atoms with Gasteiger partial charge in [0.25, 0.3) is 0 Å². The zero-order valence-electron chi connectivity index (χ0n) is 65.8. The molecule has 122 heavy (non-hydrogen) atoms. The minimum absolute atomic E-state index is 1.07. The Balaban J connectivity index is 0.612. The summed E-state index contributed by atoms with van der Waals surface area (Å²) in [6.07, 6.45) is 0. The van der Waals surface area contributed by atoms with Crippen LogP contribution in [0.4, 0.5) is 51.6 Å². The Kier molecular flexibility index (Phi) is 12.6. The third-order valence-corrected chi connectivity index (χ3v) is 27.8. The van der Waals surface area contributed by atoms with Crippen molar-refractivity contribution in [2.45, 2.75) is 0 Å². The summed E-state index contributed by atoms with van der Waals surface area (Å²) in [5.74, 6) is 3.25. The predicted octanol–water partition coefficient (Wildman–Crippen LogP) is 31.9. The van der Waals surface area contributed by atoms with Crippen LogP contribution in [0.5, 0.6) is 0 Å². The molecule has 0 saturated carbocycles. The van der Waals surface area contributed by atoms with Crippen molar-refractivity contribution in [1.82, 2.24) is 13.7 Å². The Bertz CT molecular complexity index is 8700. The molecule has 0 N–H and O–H groups in total. The molecule has 6 heteroatoms. The van der Waals surface area contributed by atoms with E-state index >= 15 is 0 Å². The van der Waals surface area contributed by atoms with Crippen molar-refractivity contribution < 1.29 is 0 Å². The second-order valence-electron chi connectivity index (χ2n) is 33.8. The van der Waals surface area contributed by atoms with E-state index in [2.05, 4.69) is 429 Å². The molecule has 6 nitrogen and oxygen atoms in total. The molecule has 3 aliphatic heterocycles. The molecule has 0 spiro atoms. The Morgan fingerprint density at radius 1 is 0.139 bits per heavy atom.